The molecule has 9 nitrogen and oxygen atoms in total. The van der Waals surface area contributed by atoms with Crippen molar-refractivity contribution in [3.63, 3.8) is 0 Å². The Balaban J connectivity index is 2.47. The van der Waals surface area contributed by atoms with Crippen LogP contribution in [0.15, 0.2) is 23.2 Å². The van der Waals surface area contributed by atoms with Crippen molar-refractivity contribution >= 4 is 33.1 Å². The molecule has 0 bridgehead atoms. The Hall–Kier alpha value is -2.20. The average molecular weight is 318 g/mol. The molecule has 20 heavy (non-hydrogen) atoms. The quantitative estimate of drug-likeness (QED) is 0.498. The number of hydrogen-bond donors (Lipinski definition) is 2. The van der Waals surface area contributed by atoms with Crippen LogP contribution < -0.4 is 4.72 Å². The summed E-state index contributed by atoms with van der Waals surface area (Å²) in [7, 11) is -4.04. The van der Waals surface area contributed by atoms with Gasteiger partial charge in [-0.05, 0) is 13.0 Å². The lowest BCUT2D eigenvalue weighted by molar-refractivity contribution is -0.384. The number of rotatable bonds is 4. The zero-order valence-corrected chi connectivity index (χ0v) is 11.6. The molecule has 0 atom stereocenters. The second-order valence-corrected chi connectivity index (χ2v) is 5.76. The van der Waals surface area contributed by atoms with E-state index in [1.807, 2.05) is 4.72 Å². The first kappa shape index (κ1) is 14.2. The van der Waals surface area contributed by atoms with Crippen LogP contribution >= 0.6 is 11.6 Å². The molecular formula is C9H8ClN5O4S. The first-order chi connectivity index (χ1) is 9.31. The van der Waals surface area contributed by atoms with Gasteiger partial charge >= 0.3 is 5.69 Å². The molecule has 106 valence electrons. The molecule has 0 saturated heterocycles. The van der Waals surface area contributed by atoms with Gasteiger partial charge in [-0.25, -0.2) is 13.4 Å². The fraction of sp³-hybridized carbons (Fsp3) is 0.111. The van der Waals surface area contributed by atoms with Gasteiger partial charge in [-0.15, -0.1) is 0 Å². The first-order valence-corrected chi connectivity index (χ1v) is 7.01. The van der Waals surface area contributed by atoms with Crippen LogP contribution in [0.3, 0.4) is 0 Å². The van der Waals surface area contributed by atoms with Gasteiger partial charge in [0.25, 0.3) is 10.0 Å². The van der Waals surface area contributed by atoms with Gasteiger partial charge in [0.15, 0.2) is 0 Å². The highest BCUT2D eigenvalue weighted by Crippen LogP contribution is 2.26. The first-order valence-electron chi connectivity index (χ1n) is 5.15. The Morgan fingerprint density at radius 3 is 2.70 bits per heavy atom. The maximum atomic E-state index is 12.1. The highest BCUT2D eigenvalue weighted by atomic mass is 35.5. The minimum atomic E-state index is -4.04. The van der Waals surface area contributed by atoms with Crippen LogP contribution in [0.5, 0.6) is 0 Å². The highest BCUT2D eigenvalue weighted by molar-refractivity contribution is 7.92. The van der Waals surface area contributed by atoms with Crippen molar-refractivity contribution in [2.75, 3.05) is 4.72 Å². The lowest BCUT2D eigenvalue weighted by Crippen LogP contribution is -2.15. The van der Waals surface area contributed by atoms with Gasteiger partial charge in [0, 0.05) is 6.07 Å². The number of nitro groups is 1. The maximum Gasteiger partial charge on any atom is 0.312 e. The molecule has 0 aromatic carbocycles. The summed E-state index contributed by atoms with van der Waals surface area (Å²) >= 11 is 5.62. The van der Waals surface area contributed by atoms with E-state index in [4.69, 9.17) is 11.6 Å². The Kier molecular flexibility index (Phi) is 3.59. The predicted octanol–water partition coefficient (Wildman–Crippen LogP) is 1.48. The Morgan fingerprint density at radius 1 is 1.45 bits per heavy atom. The normalized spacial score (nSPS) is 11.3. The van der Waals surface area contributed by atoms with E-state index in [0.717, 1.165) is 12.3 Å². The lowest BCUT2D eigenvalue weighted by atomic mass is 10.4. The van der Waals surface area contributed by atoms with Gasteiger partial charge in [0.2, 0.25) is 5.82 Å². The van der Waals surface area contributed by atoms with Crippen LogP contribution in [0.2, 0.25) is 5.15 Å². The molecule has 0 saturated carbocycles. The largest absolute Gasteiger partial charge is 0.312 e. The molecule has 0 fully saturated rings. The molecule has 0 radical (unpaired) electrons. The van der Waals surface area contributed by atoms with Gasteiger partial charge in [0.1, 0.15) is 10.0 Å². The summed E-state index contributed by atoms with van der Waals surface area (Å²) in [5.74, 6) is -0.455. The van der Waals surface area contributed by atoms with E-state index in [1.165, 1.54) is 13.0 Å². The van der Waals surface area contributed by atoms with E-state index in [0.29, 0.717) is 5.69 Å². The molecule has 2 aromatic rings. The molecule has 2 N–H and O–H groups in total. The van der Waals surface area contributed by atoms with E-state index < -0.39 is 26.5 Å². The second-order valence-electron chi connectivity index (χ2n) is 3.72. The van der Waals surface area contributed by atoms with Crippen molar-refractivity contribution < 1.29 is 13.3 Å². The number of anilines is 1. The van der Waals surface area contributed by atoms with Gasteiger partial charge in [-0.1, -0.05) is 11.6 Å². The molecule has 2 aromatic heterocycles. The maximum absolute atomic E-state index is 12.1. The predicted molar refractivity (Wildman–Crippen MR) is 70.0 cm³/mol. The smallest absolute Gasteiger partial charge is 0.281 e. The summed E-state index contributed by atoms with van der Waals surface area (Å²) in [5, 5.41) is 16.8. The van der Waals surface area contributed by atoms with Crippen molar-refractivity contribution in [2.24, 2.45) is 0 Å². The molecule has 0 amide bonds. The number of aryl methyl sites for hydroxylation is 1. The molecule has 0 aliphatic rings. The topological polar surface area (TPSA) is 131 Å². The molecule has 2 heterocycles. The molecule has 0 spiro atoms. The number of halogens is 1. The SMILES string of the molecule is Cc1[nH]ncc1S(=O)(=O)Nc1nc(Cl)ccc1[N+](=O)[O-]. The Morgan fingerprint density at radius 2 is 2.15 bits per heavy atom. The minimum absolute atomic E-state index is 0.0720. The average Bonchev–Trinajstić information content (AvgIpc) is 2.75. The van der Waals surface area contributed by atoms with E-state index in [1.54, 1.807) is 0 Å². The van der Waals surface area contributed by atoms with Crippen LogP contribution in [-0.4, -0.2) is 28.5 Å². The number of hydrogen-bond acceptors (Lipinski definition) is 6. The van der Waals surface area contributed by atoms with Gasteiger partial charge in [-0.2, -0.15) is 5.10 Å². The molecule has 0 aliphatic carbocycles. The third-order valence-electron chi connectivity index (χ3n) is 2.34. The fourth-order valence-corrected chi connectivity index (χ4v) is 2.75. The van der Waals surface area contributed by atoms with Crippen LogP contribution in [0, 0.1) is 17.0 Å². The van der Waals surface area contributed by atoms with Crippen molar-refractivity contribution in [1.82, 2.24) is 15.2 Å². The molecule has 0 unspecified atom stereocenters. The fourth-order valence-electron chi connectivity index (χ4n) is 1.44. The summed E-state index contributed by atoms with van der Waals surface area (Å²) in [5.41, 5.74) is -0.207. The number of aromatic amines is 1. The van der Waals surface area contributed by atoms with Crippen LogP contribution in [-0.2, 0) is 10.0 Å². The second kappa shape index (κ2) is 5.06. The van der Waals surface area contributed by atoms with Crippen molar-refractivity contribution in [2.45, 2.75) is 11.8 Å². The van der Waals surface area contributed by atoms with Crippen LogP contribution in [0.4, 0.5) is 11.5 Å². The van der Waals surface area contributed by atoms with E-state index in [9.17, 15) is 18.5 Å². The molecule has 2 rings (SSSR count). The van der Waals surface area contributed by atoms with Gasteiger partial charge < -0.3 is 0 Å². The summed E-state index contributed by atoms with van der Waals surface area (Å²) in [6, 6.07) is 2.26. The number of sulfonamides is 1. The molecule has 11 heteroatoms. The number of H-pyrrole nitrogens is 1. The van der Waals surface area contributed by atoms with Crippen molar-refractivity contribution in [1.29, 1.82) is 0 Å². The summed E-state index contributed by atoms with van der Waals surface area (Å²) in [4.78, 5) is 13.6. The number of pyridine rings is 1. The number of nitrogens with zero attached hydrogens (tertiary/aromatic N) is 3. The summed E-state index contributed by atoms with van der Waals surface area (Å²) < 4.78 is 26.2. The van der Waals surface area contributed by atoms with Crippen molar-refractivity contribution in [3.05, 3.63) is 39.3 Å². The highest BCUT2D eigenvalue weighted by Gasteiger charge is 2.24. The number of aromatic nitrogens is 3. The monoisotopic (exact) mass is 317 g/mol. The van der Waals surface area contributed by atoms with Gasteiger partial charge in [0.05, 0.1) is 16.8 Å². The van der Waals surface area contributed by atoms with E-state index >= 15 is 0 Å². The van der Waals surface area contributed by atoms with Gasteiger partial charge in [-0.3, -0.25) is 19.9 Å². The lowest BCUT2D eigenvalue weighted by Gasteiger charge is -2.06. The number of nitrogens with one attached hydrogen (secondary N) is 2. The van der Waals surface area contributed by atoms with Crippen molar-refractivity contribution in [3.8, 4) is 0 Å². The standard InChI is InChI=1S/C9H8ClN5O4S/c1-5-7(4-11-13-5)20(18,19)14-9-6(15(16)17)2-3-8(10)12-9/h2-4H,1H3,(H,11,13)(H,12,14). The minimum Gasteiger partial charge on any atom is -0.281 e. The zero-order valence-electron chi connectivity index (χ0n) is 9.99. The summed E-state index contributed by atoms with van der Waals surface area (Å²) in [6.45, 7) is 1.50. The third kappa shape index (κ3) is 2.70. The zero-order chi connectivity index (χ0) is 14.9. The third-order valence-corrected chi connectivity index (χ3v) is 4.00. The van der Waals surface area contributed by atoms with Crippen LogP contribution in [0.1, 0.15) is 5.69 Å². The van der Waals surface area contributed by atoms with E-state index in [-0.39, 0.29) is 10.0 Å². The molecular weight excluding hydrogens is 310 g/mol. The Labute approximate surface area is 118 Å². The van der Waals surface area contributed by atoms with E-state index in [2.05, 4.69) is 15.2 Å². The molecule has 0 aliphatic heterocycles. The Bertz CT molecular complexity index is 772. The summed E-state index contributed by atoms with van der Waals surface area (Å²) in [6.07, 6.45) is 1.09. The van der Waals surface area contributed by atoms with Crippen LogP contribution in [0.25, 0.3) is 0 Å².